The maximum absolute atomic E-state index is 12.8. The molecule has 2 atom stereocenters. The largest absolute Gasteiger partial charge is 0.377 e. The summed E-state index contributed by atoms with van der Waals surface area (Å²) in [6.45, 7) is 5.29. The third-order valence-corrected chi connectivity index (χ3v) is 4.86. The van der Waals surface area contributed by atoms with Crippen molar-refractivity contribution in [3.8, 4) is 0 Å². The molecule has 0 aromatic carbocycles. The van der Waals surface area contributed by atoms with E-state index in [1.54, 1.807) is 23.8 Å². The van der Waals surface area contributed by atoms with Gasteiger partial charge in [0, 0.05) is 25.2 Å². The summed E-state index contributed by atoms with van der Waals surface area (Å²) in [5, 5.41) is 7.68. The molecule has 2 aromatic rings. The van der Waals surface area contributed by atoms with E-state index in [0.717, 1.165) is 18.7 Å². The minimum absolute atomic E-state index is 0.131. The second-order valence-corrected chi connectivity index (χ2v) is 7.05. The summed E-state index contributed by atoms with van der Waals surface area (Å²) in [5.74, 6) is 0.206. The summed E-state index contributed by atoms with van der Waals surface area (Å²) in [5.41, 5.74) is 0.669. The number of amides is 1. The topological polar surface area (TPSA) is 95.3 Å². The first-order valence-electron chi connectivity index (χ1n) is 8.76. The molecule has 4 heterocycles. The molecule has 0 aliphatic carbocycles. The molecule has 0 bridgehead atoms. The van der Waals surface area contributed by atoms with E-state index in [4.69, 9.17) is 9.47 Å². The molecule has 2 saturated heterocycles. The predicted molar refractivity (Wildman–Crippen MR) is 90.3 cm³/mol. The van der Waals surface area contributed by atoms with Crippen LogP contribution < -0.4 is 0 Å². The van der Waals surface area contributed by atoms with Gasteiger partial charge in [0.1, 0.15) is 23.9 Å². The highest BCUT2D eigenvalue weighted by Gasteiger charge is 2.44. The number of hydrogen-bond donors (Lipinski definition) is 0. The zero-order valence-corrected chi connectivity index (χ0v) is 14.7. The Bertz CT molecular complexity index is 750. The third-order valence-electron chi connectivity index (χ3n) is 4.86. The Balaban J connectivity index is 1.45. The summed E-state index contributed by atoms with van der Waals surface area (Å²) in [7, 11) is 0. The molecular weight excluding hydrogens is 336 g/mol. The maximum atomic E-state index is 12.8. The number of ether oxygens (including phenoxy) is 2. The fraction of sp³-hybridized carbons (Fsp3) is 0.588. The lowest BCUT2D eigenvalue weighted by Gasteiger charge is -2.31. The zero-order valence-electron chi connectivity index (χ0n) is 14.7. The van der Waals surface area contributed by atoms with Crippen molar-refractivity contribution in [2.45, 2.75) is 25.5 Å². The molecule has 138 valence electrons. The Kier molecular flexibility index (Phi) is 4.64. The van der Waals surface area contributed by atoms with Gasteiger partial charge in [-0.2, -0.15) is 0 Å². The number of rotatable bonds is 3. The first kappa shape index (κ1) is 17.0. The Hall–Kier alpha value is -2.39. The molecule has 2 aliphatic rings. The summed E-state index contributed by atoms with van der Waals surface area (Å²) in [6, 6.07) is 0. The predicted octanol–water partition coefficient (Wildman–Crippen LogP) is 0.324. The molecule has 4 rings (SSSR count). The highest BCUT2D eigenvalue weighted by Crippen LogP contribution is 2.33. The number of carbonyl (C=O) groups is 1. The average molecular weight is 358 g/mol. The van der Waals surface area contributed by atoms with Gasteiger partial charge < -0.3 is 18.9 Å². The lowest BCUT2D eigenvalue weighted by atomic mass is 9.94. The minimum Gasteiger partial charge on any atom is -0.377 e. The van der Waals surface area contributed by atoms with Crippen molar-refractivity contribution in [2.75, 3.05) is 32.9 Å². The Labute approximate surface area is 151 Å². The van der Waals surface area contributed by atoms with Crippen LogP contribution in [-0.2, 0) is 16.0 Å². The van der Waals surface area contributed by atoms with Crippen molar-refractivity contribution in [1.82, 2.24) is 29.6 Å². The van der Waals surface area contributed by atoms with Gasteiger partial charge in [0.05, 0.1) is 38.3 Å². The lowest BCUT2D eigenvalue weighted by molar-refractivity contribution is -0.0539. The van der Waals surface area contributed by atoms with Crippen molar-refractivity contribution < 1.29 is 14.3 Å². The van der Waals surface area contributed by atoms with E-state index < -0.39 is 5.60 Å². The van der Waals surface area contributed by atoms with E-state index in [1.165, 1.54) is 6.20 Å². The summed E-state index contributed by atoms with van der Waals surface area (Å²) < 4.78 is 13.9. The zero-order chi connectivity index (χ0) is 18.0. The van der Waals surface area contributed by atoms with Gasteiger partial charge >= 0.3 is 0 Å². The number of aryl methyl sites for hydroxylation is 1. The van der Waals surface area contributed by atoms with Gasteiger partial charge in [-0.05, 0) is 13.3 Å². The number of carbonyl (C=O) groups excluding carboxylic acids is 1. The summed E-state index contributed by atoms with van der Waals surface area (Å²) in [4.78, 5) is 23.0. The van der Waals surface area contributed by atoms with E-state index in [-0.39, 0.29) is 5.91 Å². The summed E-state index contributed by atoms with van der Waals surface area (Å²) >= 11 is 0. The van der Waals surface area contributed by atoms with E-state index >= 15 is 0 Å². The monoisotopic (exact) mass is 358 g/mol. The normalized spacial score (nSPS) is 26.2. The van der Waals surface area contributed by atoms with E-state index in [2.05, 4.69) is 20.2 Å². The fourth-order valence-corrected chi connectivity index (χ4v) is 3.62. The third kappa shape index (κ3) is 3.58. The Morgan fingerprint density at radius 1 is 1.31 bits per heavy atom. The molecule has 0 unspecified atom stereocenters. The van der Waals surface area contributed by atoms with Crippen molar-refractivity contribution >= 4 is 5.91 Å². The quantitative estimate of drug-likeness (QED) is 0.780. The van der Waals surface area contributed by atoms with Crippen molar-refractivity contribution in [1.29, 1.82) is 0 Å². The van der Waals surface area contributed by atoms with Gasteiger partial charge in [-0.15, -0.1) is 10.2 Å². The van der Waals surface area contributed by atoms with E-state index in [1.807, 2.05) is 11.5 Å². The molecule has 0 radical (unpaired) electrons. The van der Waals surface area contributed by atoms with Gasteiger partial charge in [0.25, 0.3) is 5.91 Å². The van der Waals surface area contributed by atoms with E-state index in [9.17, 15) is 4.79 Å². The van der Waals surface area contributed by atoms with Gasteiger partial charge in [-0.1, -0.05) is 0 Å². The van der Waals surface area contributed by atoms with Crippen molar-refractivity contribution in [3.05, 3.63) is 36.4 Å². The van der Waals surface area contributed by atoms with Crippen LogP contribution in [-0.4, -0.2) is 74.1 Å². The molecule has 2 fully saturated rings. The van der Waals surface area contributed by atoms with Crippen molar-refractivity contribution in [2.24, 2.45) is 5.92 Å². The molecule has 26 heavy (non-hydrogen) atoms. The Morgan fingerprint density at radius 3 is 2.92 bits per heavy atom. The minimum atomic E-state index is -0.469. The van der Waals surface area contributed by atoms with Crippen LogP contribution in [0.3, 0.4) is 0 Å². The van der Waals surface area contributed by atoms with Crippen LogP contribution in [0.5, 0.6) is 0 Å². The molecule has 2 aromatic heterocycles. The molecule has 9 nitrogen and oxygen atoms in total. The van der Waals surface area contributed by atoms with E-state index in [0.29, 0.717) is 44.5 Å². The number of aromatic nitrogens is 5. The smallest absolute Gasteiger partial charge is 0.274 e. The SMILES string of the molecule is Cc1cnc(C(=O)N2CCOC[C@@]3(C[C@H](Cn4cnnc4)CO3)C2)cn1. The highest BCUT2D eigenvalue weighted by molar-refractivity contribution is 5.92. The molecule has 0 saturated carbocycles. The second-order valence-electron chi connectivity index (χ2n) is 7.05. The van der Waals surface area contributed by atoms with Gasteiger partial charge in [0.2, 0.25) is 0 Å². The van der Waals surface area contributed by atoms with Crippen LogP contribution in [0.4, 0.5) is 0 Å². The number of hydrogen-bond acceptors (Lipinski definition) is 7. The average Bonchev–Trinajstić information content (AvgIpc) is 3.23. The van der Waals surface area contributed by atoms with Crippen LogP contribution >= 0.6 is 0 Å². The standard InChI is InChI=1S/C17H22N6O3/c1-13-5-19-15(6-18-13)16(24)23-2-3-25-10-17(9-23)4-14(8-26-17)7-22-11-20-21-12-22/h5-6,11-12,14H,2-4,7-10H2,1H3/t14-,17-/m1/s1. The fourth-order valence-electron chi connectivity index (χ4n) is 3.62. The molecular formula is C17H22N6O3. The van der Waals surface area contributed by atoms with Crippen LogP contribution in [0, 0.1) is 12.8 Å². The van der Waals surface area contributed by atoms with Crippen LogP contribution in [0.1, 0.15) is 22.6 Å². The molecule has 0 N–H and O–H groups in total. The lowest BCUT2D eigenvalue weighted by Crippen LogP contribution is -2.46. The van der Waals surface area contributed by atoms with Crippen LogP contribution in [0.15, 0.2) is 25.0 Å². The Morgan fingerprint density at radius 2 is 2.15 bits per heavy atom. The van der Waals surface area contributed by atoms with Crippen LogP contribution in [0.2, 0.25) is 0 Å². The molecule has 1 spiro atoms. The second kappa shape index (κ2) is 7.08. The first-order chi connectivity index (χ1) is 12.6. The van der Waals surface area contributed by atoms with Gasteiger partial charge in [-0.25, -0.2) is 4.98 Å². The van der Waals surface area contributed by atoms with Crippen molar-refractivity contribution in [3.63, 3.8) is 0 Å². The first-order valence-corrected chi connectivity index (χ1v) is 8.76. The number of nitrogens with zero attached hydrogens (tertiary/aromatic N) is 6. The highest BCUT2D eigenvalue weighted by atomic mass is 16.5. The maximum Gasteiger partial charge on any atom is 0.274 e. The molecule has 1 amide bonds. The van der Waals surface area contributed by atoms with Crippen LogP contribution in [0.25, 0.3) is 0 Å². The van der Waals surface area contributed by atoms with Gasteiger partial charge in [-0.3, -0.25) is 9.78 Å². The van der Waals surface area contributed by atoms with Gasteiger partial charge in [0.15, 0.2) is 0 Å². The summed E-state index contributed by atoms with van der Waals surface area (Å²) in [6.07, 6.45) is 7.38. The molecule has 2 aliphatic heterocycles. The molecule has 9 heteroatoms.